The summed E-state index contributed by atoms with van der Waals surface area (Å²) in [4.78, 5) is 13.2. The third-order valence-corrected chi connectivity index (χ3v) is 4.26. The molecular weight excluding hydrogens is 296 g/mol. The van der Waals surface area contributed by atoms with Crippen LogP contribution in [0.5, 0.6) is 0 Å². The first-order valence-electron chi connectivity index (χ1n) is 6.91. The number of pyridine rings is 1. The maximum atomic E-state index is 5.28. The lowest BCUT2D eigenvalue weighted by Crippen LogP contribution is -1.93. The van der Waals surface area contributed by atoms with Crippen molar-refractivity contribution in [3.63, 3.8) is 0 Å². The lowest BCUT2D eigenvalue weighted by atomic mass is 10.2. The van der Waals surface area contributed by atoms with E-state index in [-0.39, 0.29) is 0 Å². The van der Waals surface area contributed by atoms with Crippen molar-refractivity contribution in [2.75, 3.05) is 0 Å². The van der Waals surface area contributed by atoms with Gasteiger partial charge < -0.3 is 4.52 Å². The highest BCUT2D eigenvalue weighted by molar-refractivity contribution is 8.13. The minimum atomic E-state index is 0.521. The van der Waals surface area contributed by atoms with Gasteiger partial charge in [0.2, 0.25) is 11.7 Å². The van der Waals surface area contributed by atoms with Gasteiger partial charge in [-0.3, -0.25) is 4.98 Å². The lowest BCUT2D eigenvalue weighted by Gasteiger charge is -1.95. The monoisotopic (exact) mass is 308 g/mol. The predicted molar refractivity (Wildman–Crippen MR) is 86.1 cm³/mol. The van der Waals surface area contributed by atoms with E-state index >= 15 is 0 Å². The first kappa shape index (κ1) is 13.2. The van der Waals surface area contributed by atoms with Crippen molar-refractivity contribution in [2.45, 2.75) is 12.2 Å². The number of hydrogen-bond donors (Lipinski definition) is 0. The van der Waals surface area contributed by atoms with Gasteiger partial charge in [0.25, 0.3) is 0 Å². The molecule has 6 heteroatoms. The summed E-state index contributed by atoms with van der Waals surface area (Å²) in [6.45, 7) is 0. The van der Waals surface area contributed by atoms with E-state index in [1.807, 2.05) is 36.4 Å². The summed E-state index contributed by atoms with van der Waals surface area (Å²) >= 11 is 1.64. The van der Waals surface area contributed by atoms with E-state index in [1.54, 1.807) is 18.0 Å². The third kappa shape index (κ3) is 2.65. The number of thioether (sulfide) groups is 1. The highest BCUT2D eigenvalue weighted by Gasteiger charge is 2.16. The summed E-state index contributed by atoms with van der Waals surface area (Å²) in [5.41, 5.74) is 3.04. The molecular formula is C16H12N4OS. The van der Waals surface area contributed by atoms with E-state index in [4.69, 9.17) is 4.52 Å². The van der Waals surface area contributed by atoms with Crippen LogP contribution < -0.4 is 0 Å². The number of nitrogens with zero attached hydrogens (tertiary/aromatic N) is 4. The van der Waals surface area contributed by atoms with Crippen molar-refractivity contribution in [3.05, 3.63) is 60.1 Å². The van der Waals surface area contributed by atoms with Crippen LogP contribution in [0.15, 0.2) is 58.2 Å². The zero-order valence-corrected chi connectivity index (χ0v) is 12.5. The minimum absolute atomic E-state index is 0.521. The largest absolute Gasteiger partial charge is 0.338 e. The summed E-state index contributed by atoms with van der Waals surface area (Å²) in [5.74, 6) is 1.73. The average Bonchev–Trinajstić information content (AvgIpc) is 3.20. The minimum Gasteiger partial charge on any atom is -0.338 e. The molecule has 0 saturated heterocycles. The molecule has 2 aromatic heterocycles. The van der Waals surface area contributed by atoms with E-state index in [1.165, 1.54) is 5.56 Å². The zero-order chi connectivity index (χ0) is 14.8. The Morgan fingerprint density at radius 1 is 1.09 bits per heavy atom. The number of rotatable bonds is 3. The molecule has 0 radical (unpaired) electrons. The topological polar surface area (TPSA) is 64.2 Å². The molecule has 0 fully saturated rings. The molecule has 0 aliphatic carbocycles. The molecule has 0 saturated carbocycles. The van der Waals surface area contributed by atoms with Gasteiger partial charge >= 0.3 is 0 Å². The number of aromatic nitrogens is 3. The van der Waals surface area contributed by atoms with Gasteiger partial charge in [-0.05, 0) is 23.8 Å². The normalized spacial score (nSPS) is 13.0. The quantitative estimate of drug-likeness (QED) is 0.739. The summed E-state index contributed by atoms with van der Waals surface area (Å²) in [6, 6.07) is 13.8. The van der Waals surface area contributed by atoms with Gasteiger partial charge in [0.15, 0.2) is 0 Å². The maximum Gasteiger partial charge on any atom is 0.237 e. The average molecular weight is 308 g/mol. The Hall–Kier alpha value is -2.47. The van der Waals surface area contributed by atoms with Gasteiger partial charge in [-0.1, -0.05) is 29.4 Å². The highest BCUT2D eigenvalue weighted by Crippen LogP contribution is 2.30. The lowest BCUT2D eigenvalue weighted by molar-refractivity contribution is 0.391. The summed E-state index contributed by atoms with van der Waals surface area (Å²) in [5, 5.41) is 5.05. The molecule has 22 heavy (non-hydrogen) atoms. The fourth-order valence-electron chi connectivity index (χ4n) is 2.25. The first-order chi connectivity index (χ1) is 10.9. The van der Waals surface area contributed by atoms with Crippen molar-refractivity contribution in [1.82, 2.24) is 15.1 Å². The summed E-state index contributed by atoms with van der Waals surface area (Å²) < 4.78 is 5.28. The smallest absolute Gasteiger partial charge is 0.237 e. The summed E-state index contributed by atoms with van der Waals surface area (Å²) in [6.07, 6.45) is 2.59. The number of hydrogen-bond acceptors (Lipinski definition) is 6. The van der Waals surface area contributed by atoms with Crippen molar-refractivity contribution in [1.29, 1.82) is 0 Å². The Balaban J connectivity index is 1.43. The second-order valence-electron chi connectivity index (χ2n) is 4.83. The van der Waals surface area contributed by atoms with Gasteiger partial charge in [-0.15, -0.1) is 11.8 Å². The van der Waals surface area contributed by atoms with E-state index in [0.29, 0.717) is 23.2 Å². The van der Waals surface area contributed by atoms with Crippen LogP contribution in [-0.4, -0.2) is 20.2 Å². The Bertz CT molecular complexity index is 829. The van der Waals surface area contributed by atoms with E-state index < -0.39 is 0 Å². The van der Waals surface area contributed by atoms with Crippen LogP contribution in [0.25, 0.3) is 11.5 Å². The van der Waals surface area contributed by atoms with Crippen molar-refractivity contribution < 1.29 is 4.52 Å². The number of fused-ring (bicyclic) bond motifs is 1. The molecule has 1 aliphatic rings. The molecule has 108 valence electrons. The summed E-state index contributed by atoms with van der Waals surface area (Å²) in [7, 11) is 0. The standard InChI is InChI=1S/C16H12N4OS/c1-2-6-12-11(5-1)9-15(18-12)22-10-14-19-16(20-21-14)13-7-3-4-8-17-13/h1-8H,9-10H2. The molecule has 0 unspecified atom stereocenters. The molecule has 3 heterocycles. The Morgan fingerprint density at radius 2 is 2.00 bits per heavy atom. The first-order valence-corrected chi connectivity index (χ1v) is 7.89. The Morgan fingerprint density at radius 3 is 2.86 bits per heavy atom. The molecule has 5 nitrogen and oxygen atoms in total. The van der Waals surface area contributed by atoms with Crippen LogP contribution in [-0.2, 0) is 12.2 Å². The van der Waals surface area contributed by atoms with Crippen LogP contribution in [0.3, 0.4) is 0 Å². The maximum absolute atomic E-state index is 5.28. The van der Waals surface area contributed by atoms with Gasteiger partial charge in [0.1, 0.15) is 5.69 Å². The fourth-order valence-corrected chi connectivity index (χ4v) is 3.07. The predicted octanol–water partition coefficient (Wildman–Crippen LogP) is 3.65. The third-order valence-electron chi connectivity index (χ3n) is 3.30. The molecule has 0 amide bonds. The van der Waals surface area contributed by atoms with Crippen LogP contribution in [0.4, 0.5) is 5.69 Å². The van der Waals surface area contributed by atoms with Crippen molar-refractivity contribution in [3.8, 4) is 11.5 Å². The van der Waals surface area contributed by atoms with Gasteiger partial charge in [0.05, 0.1) is 16.5 Å². The molecule has 1 aromatic carbocycles. The SMILES string of the molecule is c1ccc(-c2noc(CSC3=Nc4ccccc4C3)n2)nc1. The highest BCUT2D eigenvalue weighted by atomic mass is 32.2. The van der Waals surface area contributed by atoms with Gasteiger partial charge in [-0.2, -0.15) is 4.98 Å². The van der Waals surface area contributed by atoms with Gasteiger partial charge in [-0.25, -0.2) is 4.99 Å². The number of para-hydroxylation sites is 1. The molecule has 0 spiro atoms. The number of benzene rings is 1. The van der Waals surface area contributed by atoms with Crippen LogP contribution in [0.1, 0.15) is 11.5 Å². The fraction of sp³-hybridized carbons (Fsp3) is 0.125. The molecule has 3 aromatic rings. The second kappa shape index (κ2) is 5.73. The van der Waals surface area contributed by atoms with Crippen LogP contribution in [0, 0.1) is 0 Å². The molecule has 0 bridgehead atoms. The van der Waals surface area contributed by atoms with Gasteiger partial charge in [0, 0.05) is 12.6 Å². The molecule has 0 N–H and O–H groups in total. The van der Waals surface area contributed by atoms with Crippen molar-refractivity contribution >= 4 is 22.5 Å². The zero-order valence-electron chi connectivity index (χ0n) is 11.6. The molecule has 4 rings (SSSR count). The number of aliphatic imine (C=N–C) groups is 1. The molecule has 1 aliphatic heterocycles. The Kier molecular flexibility index (Phi) is 3.44. The van der Waals surface area contributed by atoms with Crippen molar-refractivity contribution in [2.24, 2.45) is 4.99 Å². The Labute approximate surface area is 131 Å². The molecule has 0 atom stereocenters. The van der Waals surface area contributed by atoms with E-state index in [9.17, 15) is 0 Å². The second-order valence-corrected chi connectivity index (χ2v) is 5.88. The van der Waals surface area contributed by atoms with E-state index in [2.05, 4.69) is 26.2 Å². The van der Waals surface area contributed by atoms with Crippen LogP contribution in [0.2, 0.25) is 0 Å². The van der Waals surface area contributed by atoms with Crippen LogP contribution >= 0.6 is 11.8 Å². The van der Waals surface area contributed by atoms with E-state index in [0.717, 1.165) is 17.2 Å².